The molecule has 1 aliphatic carbocycles. The number of benzene rings is 12. The first-order valence-electron chi connectivity index (χ1n) is 38.5. The number of urea groups is 1. The largest absolute Gasteiger partial charge is 0.505 e. The summed E-state index contributed by atoms with van der Waals surface area (Å²) in [5.74, 6) is 0.0836. The first-order valence-corrected chi connectivity index (χ1v) is 45.5. The number of nitrogens with one attached hydrogen (secondary N) is 8. The minimum Gasteiger partial charge on any atom is -0.505 e. The second kappa shape index (κ2) is 45.7. The molecule has 2 amide bonds. The zero-order chi connectivity index (χ0) is 87.8. The van der Waals surface area contributed by atoms with Crippen molar-refractivity contribution in [2.75, 3.05) is 37.6 Å². The average molecular weight is 1970 g/mol. The molecule has 123 heavy (non-hydrogen) atoms. The minimum absolute atomic E-state index is 0.00732. The summed E-state index contributed by atoms with van der Waals surface area (Å²) in [6.45, 7) is 8.90. The van der Waals surface area contributed by atoms with Gasteiger partial charge in [-0.1, -0.05) is 267 Å². The maximum atomic E-state index is 12.0. The Hall–Kier alpha value is -9.84. The molecule has 13 N–H and O–H groups in total. The SMILES string of the molecule is CC(=O)c1cc(Cl)cc(NCc2ccccc2Sc2ccccc2)c1O.Cc1c(Cl)cc(NC(=O)NCCc2nc3ccccc3[nH]2)c(O)c1Cl.Cc1c(Cl)cc(NCc2ccccc2)c(O)c1Cl.Cc1ccc(Sc2ccccc2CNc2cc(Cl)cc(C(=O)CI)c2O)cc1.Oc1c(Cl)cc(-c2nc3ccccc3s2)cc1NC(=S)NC1CCCC1. The number of alkyl halides is 1. The molecular formula is C93H84Cl7IN10O8S4. The Morgan fingerprint density at radius 2 is 1.02 bits per heavy atom. The molecule has 15 rings (SSSR count). The number of para-hydroxylation sites is 3. The predicted octanol–water partition coefficient (Wildman–Crippen LogP) is 27.2. The van der Waals surface area contributed by atoms with Crippen LogP contribution in [0.3, 0.4) is 0 Å². The number of thiazole rings is 1. The zero-order valence-corrected chi connectivity index (χ0v) is 77.3. The summed E-state index contributed by atoms with van der Waals surface area (Å²) in [4.78, 5) is 52.5. The number of phenolic OH excluding ortho intramolecular Hbond substituents is 5. The number of aromatic hydroxyl groups is 5. The number of amides is 2. The summed E-state index contributed by atoms with van der Waals surface area (Å²) in [5, 5.41) is 75.9. The molecule has 1 aliphatic rings. The van der Waals surface area contributed by atoms with Gasteiger partial charge in [-0.05, 0) is 190 Å². The highest BCUT2D eigenvalue weighted by atomic mass is 127. The number of H-pyrrole nitrogens is 1. The molecule has 14 aromatic rings. The first kappa shape index (κ1) is 93.8. The number of hydrogen-bond acceptors (Lipinski definition) is 17. The predicted molar refractivity (Wildman–Crippen MR) is 523 cm³/mol. The Kier molecular flexibility index (Phi) is 34.9. The number of thiocarbonyl (C=S) groups is 1. The molecule has 12 aromatic carbocycles. The summed E-state index contributed by atoms with van der Waals surface area (Å²) in [6, 6.07) is 73.2. The van der Waals surface area contributed by atoms with Crippen LogP contribution in [0.4, 0.5) is 33.2 Å². The molecule has 0 radical (unpaired) electrons. The van der Waals surface area contributed by atoms with Crippen molar-refractivity contribution in [2.45, 2.75) is 105 Å². The van der Waals surface area contributed by atoms with Crippen LogP contribution in [-0.4, -0.2) is 80.2 Å². The van der Waals surface area contributed by atoms with E-state index in [9.17, 15) is 39.9 Å². The van der Waals surface area contributed by atoms with Crippen molar-refractivity contribution in [1.82, 2.24) is 25.6 Å². The highest BCUT2D eigenvalue weighted by molar-refractivity contribution is 14.1. The second-order valence-corrected chi connectivity index (χ2v) is 35.3. The fourth-order valence-electron chi connectivity index (χ4n) is 12.5. The van der Waals surface area contributed by atoms with Gasteiger partial charge < -0.3 is 67.7 Å². The standard InChI is InChI=1S/C22H19ClINO2S.C21H18ClNO2S.C19H18ClN3OS2.C17H16Cl2N4O2.C14H13Cl2NO/c1-14-6-8-17(9-7-14)28-21-5-3-2-4-15(21)13-25-19-11-16(23)10-18(22(19)27)20(26)12-24;1-14(24)18-11-16(22)12-19(21(18)25)23-13-15-7-5-6-10-20(15)26-17-8-3-2-4-9-17;20-13-9-11(18-22-14-7-3-4-8-16(14)26-18)10-15(17(13)24)23-19(25)21-12-5-1-2-6-12;1-9-10(18)8-13(16(24)15(9)19)23-17(25)20-7-6-14-21-11-4-2-3-5-12(11)22-14;1-9-11(15)7-12(14(18)13(9)16)17-8-10-5-3-2-4-6-10/h2-11,25,27H,12-13H2,1H3;2-12,23,25H,13H2,1H3;3-4,7-10,12,24H,1-2,5-6H2,(H2,21,23,25);2-5,8,24H,6-7H2,1H3,(H,21,22)(H2,20,23,25);2-7,17-18H,8H2,1H3. The Labute approximate surface area is 779 Å². The van der Waals surface area contributed by atoms with Gasteiger partial charge in [0, 0.05) is 83.9 Å². The van der Waals surface area contributed by atoms with E-state index < -0.39 is 6.03 Å². The minimum atomic E-state index is -0.470. The number of anilines is 5. The van der Waals surface area contributed by atoms with Crippen LogP contribution in [0, 0.1) is 20.8 Å². The lowest BCUT2D eigenvalue weighted by Crippen LogP contribution is -2.35. The number of aromatic amines is 1. The number of phenols is 5. The summed E-state index contributed by atoms with van der Waals surface area (Å²) in [6.07, 6.45) is 5.25. The lowest BCUT2D eigenvalue weighted by molar-refractivity contribution is 0.100. The highest BCUT2D eigenvalue weighted by Gasteiger charge is 2.22. The average Bonchev–Trinajstić information content (AvgIpc) is 1.61. The number of rotatable bonds is 23. The number of imidazole rings is 1. The van der Waals surface area contributed by atoms with Gasteiger partial charge in [-0.15, -0.1) is 11.3 Å². The summed E-state index contributed by atoms with van der Waals surface area (Å²) in [5.41, 5.74) is 11.9. The number of carbonyl (C=O) groups excluding carboxylic acids is 3. The maximum Gasteiger partial charge on any atom is 0.319 e. The van der Waals surface area contributed by atoms with Crippen molar-refractivity contribution >= 4 is 223 Å². The molecule has 0 bridgehead atoms. The van der Waals surface area contributed by atoms with Crippen LogP contribution in [0.1, 0.15) is 92.5 Å². The van der Waals surface area contributed by atoms with Crippen LogP contribution >= 0.6 is 151 Å². The van der Waals surface area contributed by atoms with Crippen molar-refractivity contribution in [3.8, 4) is 39.3 Å². The van der Waals surface area contributed by atoms with E-state index in [1.165, 1.54) is 48.4 Å². The van der Waals surface area contributed by atoms with E-state index in [0.717, 1.165) is 81.9 Å². The van der Waals surface area contributed by atoms with Crippen molar-refractivity contribution in [2.24, 2.45) is 0 Å². The number of aryl methyl sites for hydroxylation is 1. The molecule has 2 aromatic heterocycles. The van der Waals surface area contributed by atoms with E-state index in [-0.39, 0.29) is 76.6 Å². The normalized spacial score (nSPS) is 11.5. The van der Waals surface area contributed by atoms with E-state index >= 15 is 0 Å². The maximum absolute atomic E-state index is 12.0. The number of aromatic nitrogens is 3. The van der Waals surface area contributed by atoms with Gasteiger partial charge in [0.05, 0.1) is 80.3 Å². The number of Topliss-reactive ketones (excluding diaryl/α,β-unsaturated/α-hetero) is 2. The Morgan fingerprint density at radius 3 is 1.62 bits per heavy atom. The van der Waals surface area contributed by atoms with Gasteiger partial charge in [0.1, 0.15) is 22.3 Å². The zero-order valence-electron chi connectivity index (χ0n) is 66.6. The van der Waals surface area contributed by atoms with Gasteiger partial charge in [-0.25, -0.2) is 14.8 Å². The highest BCUT2D eigenvalue weighted by Crippen LogP contribution is 2.44. The molecule has 2 heterocycles. The molecule has 0 aliphatic heterocycles. The fraction of sp³-hybridized carbons (Fsp3) is 0.161. The fourth-order valence-corrected chi connectivity index (χ4v) is 17.6. The first-order chi connectivity index (χ1) is 59.2. The molecule has 0 spiro atoms. The van der Waals surface area contributed by atoms with E-state index in [0.29, 0.717) is 97.7 Å². The van der Waals surface area contributed by atoms with Crippen LogP contribution in [0.15, 0.2) is 250 Å². The molecule has 18 nitrogen and oxygen atoms in total. The van der Waals surface area contributed by atoms with Gasteiger partial charge in [0.2, 0.25) is 0 Å². The number of ketones is 2. The van der Waals surface area contributed by atoms with E-state index in [4.69, 9.17) is 93.4 Å². The van der Waals surface area contributed by atoms with Gasteiger partial charge in [0.25, 0.3) is 0 Å². The second-order valence-electron chi connectivity index (χ2n) is 28.0. The Morgan fingerprint density at radius 1 is 0.520 bits per heavy atom. The van der Waals surface area contributed by atoms with Crippen LogP contribution in [0.2, 0.25) is 35.2 Å². The third kappa shape index (κ3) is 26.6. The summed E-state index contributed by atoms with van der Waals surface area (Å²) in [7, 11) is 0. The van der Waals surface area contributed by atoms with Crippen LogP contribution in [0.25, 0.3) is 31.8 Å². The Balaban J connectivity index is 0.000000151. The molecule has 1 fully saturated rings. The van der Waals surface area contributed by atoms with Crippen molar-refractivity contribution in [3.63, 3.8) is 0 Å². The molecule has 0 unspecified atom stereocenters. The van der Waals surface area contributed by atoms with Gasteiger partial charge >= 0.3 is 6.03 Å². The smallest absolute Gasteiger partial charge is 0.319 e. The number of hydrogen-bond donors (Lipinski definition) is 13. The summed E-state index contributed by atoms with van der Waals surface area (Å²) < 4.78 is 1.39. The van der Waals surface area contributed by atoms with Crippen LogP contribution < -0.4 is 37.2 Å². The van der Waals surface area contributed by atoms with Crippen LogP contribution in [-0.2, 0) is 26.1 Å². The quantitative estimate of drug-likeness (QED) is 0.00932. The van der Waals surface area contributed by atoms with Crippen molar-refractivity contribution in [1.29, 1.82) is 0 Å². The monoisotopic (exact) mass is 1970 g/mol. The lowest BCUT2D eigenvalue weighted by Gasteiger charge is -2.17. The molecule has 0 saturated heterocycles. The molecule has 30 heteroatoms. The molecule has 0 atom stereocenters. The van der Waals surface area contributed by atoms with E-state index in [1.807, 2.05) is 162 Å². The van der Waals surface area contributed by atoms with Crippen LogP contribution in [0.5, 0.6) is 28.7 Å². The molecule has 1 saturated carbocycles. The van der Waals surface area contributed by atoms with E-state index in [2.05, 4.69) is 108 Å². The van der Waals surface area contributed by atoms with Crippen molar-refractivity contribution in [3.05, 3.63) is 316 Å². The topological polar surface area (TPSA) is 278 Å². The van der Waals surface area contributed by atoms with Gasteiger partial charge in [0.15, 0.2) is 33.9 Å². The third-order valence-electron chi connectivity index (χ3n) is 19.1. The van der Waals surface area contributed by atoms with Crippen molar-refractivity contribution < 1.29 is 39.9 Å². The Bertz CT molecular complexity index is 6010. The number of carbonyl (C=O) groups is 3. The van der Waals surface area contributed by atoms with Gasteiger partial charge in [-0.2, -0.15) is 0 Å². The number of nitrogens with zero attached hydrogens (tertiary/aromatic N) is 2. The lowest BCUT2D eigenvalue weighted by atomic mass is 10.1. The van der Waals surface area contributed by atoms with E-state index in [1.54, 1.807) is 73.0 Å². The van der Waals surface area contributed by atoms with Gasteiger partial charge in [-0.3, -0.25) is 9.59 Å². The number of halogens is 8. The summed E-state index contributed by atoms with van der Waals surface area (Å²) >= 11 is 54.8. The molecule has 634 valence electrons. The molecular weight excluding hydrogens is 1890 g/mol. The third-order valence-corrected chi connectivity index (χ3v) is 25.8. The number of fused-ring (bicyclic) bond motifs is 2.